The van der Waals surface area contributed by atoms with E-state index in [4.69, 9.17) is 5.11 Å². The van der Waals surface area contributed by atoms with Crippen LogP contribution in [0.2, 0.25) is 0 Å². The molecule has 0 bridgehead atoms. The van der Waals surface area contributed by atoms with Gasteiger partial charge in [-0.3, -0.25) is 9.59 Å². The number of rotatable bonds is 7. The molecule has 0 saturated heterocycles. The van der Waals surface area contributed by atoms with Crippen LogP contribution in [-0.4, -0.2) is 30.1 Å². The van der Waals surface area contributed by atoms with E-state index in [1.54, 1.807) is 24.3 Å². The van der Waals surface area contributed by atoms with Crippen LogP contribution in [0.25, 0.3) is 0 Å². The fourth-order valence-corrected chi connectivity index (χ4v) is 2.43. The SMILES string of the molecule is Cc1cccc(C(C)C(=O)Nc2ccc(C(=O)NCCCO)cc2)c1. The van der Waals surface area contributed by atoms with E-state index in [0.29, 0.717) is 24.2 Å². The number of aliphatic hydroxyl groups excluding tert-OH is 1. The van der Waals surface area contributed by atoms with Crippen molar-refractivity contribution in [3.05, 3.63) is 65.2 Å². The molecule has 0 aliphatic heterocycles. The minimum absolute atomic E-state index is 0.0460. The summed E-state index contributed by atoms with van der Waals surface area (Å²) in [5.41, 5.74) is 3.25. The number of anilines is 1. The first-order valence-electron chi connectivity index (χ1n) is 8.38. The average Bonchev–Trinajstić information content (AvgIpc) is 2.61. The van der Waals surface area contributed by atoms with E-state index in [1.165, 1.54) is 0 Å². The standard InChI is InChI=1S/C20H24N2O3/c1-14-5-3-6-17(13-14)15(2)19(24)22-18-9-7-16(8-10-18)20(25)21-11-4-12-23/h3,5-10,13,15,23H,4,11-12H2,1-2H3,(H,21,25)(H,22,24). The lowest BCUT2D eigenvalue weighted by molar-refractivity contribution is -0.117. The monoisotopic (exact) mass is 340 g/mol. The summed E-state index contributed by atoms with van der Waals surface area (Å²) in [6, 6.07) is 14.6. The maximum Gasteiger partial charge on any atom is 0.251 e. The van der Waals surface area contributed by atoms with Gasteiger partial charge in [-0.25, -0.2) is 0 Å². The van der Waals surface area contributed by atoms with E-state index < -0.39 is 0 Å². The Bertz CT molecular complexity index is 726. The van der Waals surface area contributed by atoms with Crippen LogP contribution in [0.5, 0.6) is 0 Å². The number of hydrogen-bond acceptors (Lipinski definition) is 3. The van der Waals surface area contributed by atoms with Gasteiger partial charge in [0.25, 0.3) is 5.91 Å². The Morgan fingerprint density at radius 2 is 1.84 bits per heavy atom. The van der Waals surface area contributed by atoms with Gasteiger partial charge in [-0.1, -0.05) is 29.8 Å². The fraction of sp³-hybridized carbons (Fsp3) is 0.300. The molecule has 132 valence electrons. The van der Waals surface area contributed by atoms with Crippen LogP contribution < -0.4 is 10.6 Å². The number of amides is 2. The summed E-state index contributed by atoms with van der Waals surface area (Å²) in [4.78, 5) is 24.3. The summed E-state index contributed by atoms with van der Waals surface area (Å²) >= 11 is 0. The van der Waals surface area contributed by atoms with Crippen molar-refractivity contribution in [3.63, 3.8) is 0 Å². The van der Waals surface area contributed by atoms with Gasteiger partial charge in [0.15, 0.2) is 0 Å². The molecule has 5 heteroatoms. The largest absolute Gasteiger partial charge is 0.396 e. The smallest absolute Gasteiger partial charge is 0.251 e. The topological polar surface area (TPSA) is 78.4 Å². The highest BCUT2D eigenvalue weighted by Crippen LogP contribution is 2.19. The Labute approximate surface area is 148 Å². The maximum absolute atomic E-state index is 12.4. The van der Waals surface area contributed by atoms with Crippen molar-refractivity contribution in [3.8, 4) is 0 Å². The van der Waals surface area contributed by atoms with Gasteiger partial charge in [0.2, 0.25) is 5.91 Å². The molecular formula is C20H24N2O3. The predicted molar refractivity (Wildman–Crippen MR) is 98.7 cm³/mol. The number of nitrogens with one attached hydrogen (secondary N) is 2. The Morgan fingerprint density at radius 3 is 2.48 bits per heavy atom. The summed E-state index contributed by atoms with van der Waals surface area (Å²) in [6.45, 7) is 4.34. The molecule has 0 spiro atoms. The highest BCUT2D eigenvalue weighted by Gasteiger charge is 2.15. The second-order valence-electron chi connectivity index (χ2n) is 6.04. The molecule has 5 nitrogen and oxygen atoms in total. The minimum atomic E-state index is -0.263. The van der Waals surface area contributed by atoms with Crippen LogP contribution in [0, 0.1) is 6.92 Å². The number of carbonyl (C=O) groups excluding carboxylic acids is 2. The Balaban J connectivity index is 1.96. The van der Waals surface area contributed by atoms with Gasteiger partial charge < -0.3 is 15.7 Å². The van der Waals surface area contributed by atoms with Crippen molar-refractivity contribution >= 4 is 17.5 Å². The lowest BCUT2D eigenvalue weighted by Gasteiger charge is -2.13. The molecular weight excluding hydrogens is 316 g/mol. The number of hydrogen-bond donors (Lipinski definition) is 3. The van der Waals surface area contributed by atoms with Gasteiger partial charge in [0, 0.05) is 24.4 Å². The molecule has 3 N–H and O–H groups in total. The van der Waals surface area contributed by atoms with Gasteiger partial charge >= 0.3 is 0 Å². The van der Waals surface area contributed by atoms with E-state index in [9.17, 15) is 9.59 Å². The molecule has 0 saturated carbocycles. The second-order valence-corrected chi connectivity index (χ2v) is 6.04. The zero-order chi connectivity index (χ0) is 18.2. The first kappa shape index (κ1) is 18.7. The molecule has 0 heterocycles. The average molecular weight is 340 g/mol. The van der Waals surface area contributed by atoms with E-state index in [2.05, 4.69) is 10.6 Å². The van der Waals surface area contributed by atoms with E-state index in [0.717, 1.165) is 11.1 Å². The van der Waals surface area contributed by atoms with E-state index in [-0.39, 0.29) is 24.3 Å². The lowest BCUT2D eigenvalue weighted by Crippen LogP contribution is -2.25. The number of aliphatic hydroxyl groups is 1. The summed E-state index contributed by atoms with van der Waals surface area (Å²) in [7, 11) is 0. The van der Waals surface area contributed by atoms with Gasteiger partial charge in [-0.15, -0.1) is 0 Å². The van der Waals surface area contributed by atoms with Gasteiger partial charge in [-0.05, 0) is 50.1 Å². The van der Waals surface area contributed by atoms with Crippen LogP contribution in [0.15, 0.2) is 48.5 Å². The summed E-state index contributed by atoms with van der Waals surface area (Å²) in [6.07, 6.45) is 0.525. The van der Waals surface area contributed by atoms with Crippen molar-refractivity contribution < 1.29 is 14.7 Å². The van der Waals surface area contributed by atoms with Gasteiger partial charge in [0.1, 0.15) is 0 Å². The van der Waals surface area contributed by atoms with Crippen LogP contribution in [0.4, 0.5) is 5.69 Å². The Kier molecular flexibility index (Phi) is 6.71. The molecule has 0 aliphatic rings. The predicted octanol–water partition coefficient (Wildman–Crippen LogP) is 2.85. The minimum Gasteiger partial charge on any atom is -0.396 e. The number of carbonyl (C=O) groups is 2. The van der Waals surface area contributed by atoms with E-state index >= 15 is 0 Å². The third kappa shape index (κ3) is 5.43. The summed E-state index contributed by atoms with van der Waals surface area (Å²) < 4.78 is 0. The highest BCUT2D eigenvalue weighted by molar-refractivity contribution is 5.97. The third-order valence-corrected chi connectivity index (χ3v) is 3.97. The number of aryl methyl sites for hydroxylation is 1. The van der Waals surface area contributed by atoms with Crippen molar-refractivity contribution in [2.45, 2.75) is 26.2 Å². The lowest BCUT2D eigenvalue weighted by atomic mass is 9.98. The van der Waals surface area contributed by atoms with Crippen molar-refractivity contribution in [1.29, 1.82) is 0 Å². The first-order chi connectivity index (χ1) is 12.0. The van der Waals surface area contributed by atoms with Crippen molar-refractivity contribution in [2.24, 2.45) is 0 Å². The van der Waals surface area contributed by atoms with Crippen LogP contribution in [0.1, 0.15) is 40.7 Å². The molecule has 0 radical (unpaired) electrons. The molecule has 2 aromatic rings. The molecule has 2 rings (SSSR count). The molecule has 2 amide bonds. The van der Waals surface area contributed by atoms with Crippen molar-refractivity contribution in [1.82, 2.24) is 5.32 Å². The molecule has 25 heavy (non-hydrogen) atoms. The van der Waals surface area contributed by atoms with Crippen LogP contribution in [-0.2, 0) is 4.79 Å². The van der Waals surface area contributed by atoms with Crippen LogP contribution >= 0.6 is 0 Å². The summed E-state index contributed by atoms with van der Waals surface area (Å²) in [5.74, 6) is -0.549. The van der Waals surface area contributed by atoms with Crippen molar-refractivity contribution in [2.75, 3.05) is 18.5 Å². The Morgan fingerprint density at radius 1 is 1.12 bits per heavy atom. The maximum atomic E-state index is 12.4. The molecule has 2 aromatic carbocycles. The molecule has 1 atom stereocenters. The zero-order valence-electron chi connectivity index (χ0n) is 14.6. The zero-order valence-corrected chi connectivity index (χ0v) is 14.6. The highest BCUT2D eigenvalue weighted by atomic mass is 16.3. The summed E-state index contributed by atoms with van der Waals surface area (Å²) in [5, 5.41) is 14.3. The molecule has 0 aromatic heterocycles. The number of benzene rings is 2. The third-order valence-electron chi connectivity index (χ3n) is 3.97. The quantitative estimate of drug-likeness (QED) is 0.678. The van der Waals surface area contributed by atoms with Crippen LogP contribution in [0.3, 0.4) is 0 Å². The first-order valence-corrected chi connectivity index (χ1v) is 8.38. The van der Waals surface area contributed by atoms with Gasteiger partial charge in [-0.2, -0.15) is 0 Å². The molecule has 1 unspecified atom stereocenters. The fourth-order valence-electron chi connectivity index (χ4n) is 2.43. The van der Waals surface area contributed by atoms with E-state index in [1.807, 2.05) is 38.1 Å². The molecule has 0 aliphatic carbocycles. The molecule has 0 fully saturated rings. The Hall–Kier alpha value is -2.66. The van der Waals surface area contributed by atoms with Gasteiger partial charge in [0.05, 0.1) is 5.92 Å². The normalized spacial score (nSPS) is 11.6. The second kappa shape index (κ2) is 8.99.